The van der Waals surface area contributed by atoms with E-state index in [1.807, 2.05) is 24.3 Å². The molecule has 0 aliphatic rings. The number of hydrogen-bond donors (Lipinski definition) is 0. The van der Waals surface area contributed by atoms with E-state index in [9.17, 15) is 4.39 Å². The molecular formula is C11H13ClFO. The Morgan fingerprint density at radius 2 is 2.29 bits per heavy atom. The van der Waals surface area contributed by atoms with Crippen molar-refractivity contribution in [1.29, 1.82) is 0 Å². The molecule has 0 aliphatic carbocycles. The van der Waals surface area contributed by atoms with E-state index < -0.39 is 6.67 Å². The lowest BCUT2D eigenvalue weighted by Crippen LogP contribution is -2.00. The topological polar surface area (TPSA) is 9.23 Å². The molecule has 14 heavy (non-hydrogen) atoms. The summed E-state index contributed by atoms with van der Waals surface area (Å²) in [6.07, 6.45) is 0. The van der Waals surface area contributed by atoms with Crippen LogP contribution in [0.4, 0.5) is 4.39 Å². The van der Waals surface area contributed by atoms with Gasteiger partial charge in [0.05, 0.1) is 12.6 Å². The van der Waals surface area contributed by atoms with Gasteiger partial charge in [-0.3, -0.25) is 4.39 Å². The van der Waals surface area contributed by atoms with Gasteiger partial charge in [-0.05, 0) is 17.7 Å². The Bertz CT molecular complexity index is 278. The number of benzene rings is 1. The average molecular weight is 216 g/mol. The predicted molar refractivity (Wildman–Crippen MR) is 56.7 cm³/mol. The summed E-state index contributed by atoms with van der Waals surface area (Å²) in [4.78, 5) is 0. The maximum atomic E-state index is 12.4. The lowest BCUT2D eigenvalue weighted by atomic mass is 10.0. The molecular weight excluding hydrogens is 203 g/mol. The highest BCUT2D eigenvalue weighted by Gasteiger charge is 2.06. The third-order valence-corrected chi connectivity index (χ3v) is 2.03. The van der Waals surface area contributed by atoms with Crippen LogP contribution in [0.5, 0.6) is 5.75 Å². The average Bonchev–Trinajstić information content (AvgIpc) is 2.25. The molecule has 1 rings (SSSR count). The van der Waals surface area contributed by atoms with Gasteiger partial charge in [-0.2, -0.15) is 0 Å². The summed E-state index contributed by atoms with van der Waals surface area (Å²) in [5, 5.41) is 0. The van der Waals surface area contributed by atoms with E-state index in [0.29, 0.717) is 18.4 Å². The Morgan fingerprint density at radius 1 is 1.50 bits per heavy atom. The molecule has 0 fully saturated rings. The van der Waals surface area contributed by atoms with Gasteiger partial charge in [0.15, 0.2) is 0 Å². The number of alkyl halides is 2. The minimum Gasteiger partial charge on any atom is -0.492 e. The van der Waals surface area contributed by atoms with Gasteiger partial charge >= 0.3 is 0 Å². The molecule has 0 N–H and O–H groups in total. The fraction of sp³-hybridized carbons (Fsp3) is 0.364. The van der Waals surface area contributed by atoms with E-state index in [2.05, 4.69) is 0 Å². The first-order valence-electron chi connectivity index (χ1n) is 4.45. The second kappa shape index (κ2) is 5.86. The molecule has 0 atom stereocenters. The van der Waals surface area contributed by atoms with Crippen molar-refractivity contribution in [2.24, 2.45) is 0 Å². The summed E-state index contributed by atoms with van der Waals surface area (Å²) < 4.78 is 17.7. The van der Waals surface area contributed by atoms with Gasteiger partial charge in [0.25, 0.3) is 0 Å². The second-order valence-corrected chi connectivity index (χ2v) is 3.36. The number of halogens is 2. The molecule has 1 aromatic rings. The standard InChI is InChI=1S/C11H13ClFO/c1-9(8-13)10-3-2-4-11(7-10)14-6-5-12/h2-4,7H,5-6,8H2,1H3. The van der Waals surface area contributed by atoms with Gasteiger partial charge in [0, 0.05) is 5.92 Å². The molecule has 0 amide bonds. The normalized spacial score (nSPS) is 10.6. The highest BCUT2D eigenvalue weighted by Crippen LogP contribution is 2.20. The molecule has 3 heteroatoms. The molecule has 1 nitrogen and oxygen atoms in total. The molecule has 1 aromatic carbocycles. The first-order chi connectivity index (χ1) is 6.77. The molecule has 0 spiro atoms. The van der Waals surface area contributed by atoms with Crippen LogP contribution in [-0.4, -0.2) is 19.2 Å². The minimum absolute atomic E-state index is 0.432. The minimum atomic E-state index is -0.432. The van der Waals surface area contributed by atoms with E-state index in [-0.39, 0.29) is 0 Å². The highest BCUT2D eigenvalue weighted by atomic mass is 35.5. The summed E-state index contributed by atoms with van der Waals surface area (Å²) in [5.41, 5.74) is 0.875. The molecule has 0 bridgehead atoms. The molecule has 0 heterocycles. The van der Waals surface area contributed by atoms with Crippen molar-refractivity contribution in [3.05, 3.63) is 35.7 Å². The molecule has 0 saturated carbocycles. The molecule has 77 valence electrons. The van der Waals surface area contributed by atoms with Gasteiger partial charge < -0.3 is 4.74 Å². The van der Waals surface area contributed by atoms with Gasteiger partial charge in [-0.25, -0.2) is 0 Å². The number of ether oxygens (including phenoxy) is 1. The Kier molecular flexibility index (Phi) is 4.74. The van der Waals surface area contributed by atoms with E-state index in [4.69, 9.17) is 16.3 Å². The lowest BCUT2D eigenvalue weighted by molar-refractivity contribution is 0.342. The van der Waals surface area contributed by atoms with E-state index in [0.717, 1.165) is 11.3 Å². The van der Waals surface area contributed by atoms with Crippen molar-refractivity contribution in [3.63, 3.8) is 0 Å². The molecule has 0 unspecified atom stereocenters. The largest absolute Gasteiger partial charge is 0.492 e. The van der Waals surface area contributed by atoms with E-state index in [1.54, 1.807) is 6.92 Å². The second-order valence-electron chi connectivity index (χ2n) is 2.98. The fourth-order valence-electron chi connectivity index (χ4n) is 1.08. The number of rotatable bonds is 5. The van der Waals surface area contributed by atoms with Gasteiger partial charge in [0.2, 0.25) is 0 Å². The lowest BCUT2D eigenvalue weighted by Gasteiger charge is -2.09. The summed E-state index contributed by atoms with van der Waals surface area (Å²) in [6, 6.07) is 7.36. The van der Waals surface area contributed by atoms with Gasteiger partial charge in [-0.15, -0.1) is 11.6 Å². The maximum Gasteiger partial charge on any atom is 0.119 e. The number of hydrogen-bond acceptors (Lipinski definition) is 1. The van der Waals surface area contributed by atoms with Crippen LogP contribution in [0.2, 0.25) is 0 Å². The summed E-state index contributed by atoms with van der Waals surface area (Å²) in [6.45, 7) is 1.80. The third kappa shape index (κ3) is 3.18. The maximum absolute atomic E-state index is 12.4. The zero-order valence-electron chi connectivity index (χ0n) is 8.09. The van der Waals surface area contributed by atoms with Crippen molar-refractivity contribution in [2.75, 3.05) is 19.2 Å². The smallest absolute Gasteiger partial charge is 0.119 e. The molecule has 1 radical (unpaired) electrons. The first-order valence-corrected chi connectivity index (χ1v) is 4.99. The van der Waals surface area contributed by atoms with Crippen LogP contribution in [0.25, 0.3) is 0 Å². The fourth-order valence-corrected chi connectivity index (χ4v) is 1.16. The monoisotopic (exact) mass is 215 g/mol. The van der Waals surface area contributed by atoms with Crippen molar-refractivity contribution in [3.8, 4) is 5.75 Å². The van der Waals surface area contributed by atoms with Crippen molar-refractivity contribution in [1.82, 2.24) is 0 Å². The van der Waals surface area contributed by atoms with Crippen molar-refractivity contribution in [2.45, 2.75) is 6.92 Å². The van der Waals surface area contributed by atoms with E-state index >= 15 is 0 Å². The Hall–Kier alpha value is -0.760. The Balaban J connectivity index is 2.68. The molecule has 0 aliphatic heterocycles. The third-order valence-electron chi connectivity index (χ3n) is 1.87. The summed E-state index contributed by atoms with van der Waals surface area (Å²) in [7, 11) is 0. The van der Waals surface area contributed by atoms with Crippen LogP contribution in [0.15, 0.2) is 24.3 Å². The van der Waals surface area contributed by atoms with Crippen LogP contribution in [0.1, 0.15) is 12.5 Å². The predicted octanol–water partition coefficient (Wildman–Crippen LogP) is 3.22. The molecule has 0 aromatic heterocycles. The van der Waals surface area contributed by atoms with Crippen LogP contribution in [0, 0.1) is 5.92 Å². The van der Waals surface area contributed by atoms with Gasteiger partial charge in [-0.1, -0.05) is 19.1 Å². The van der Waals surface area contributed by atoms with Crippen LogP contribution in [-0.2, 0) is 0 Å². The van der Waals surface area contributed by atoms with Crippen LogP contribution in [0.3, 0.4) is 0 Å². The molecule has 0 saturated heterocycles. The summed E-state index contributed by atoms with van der Waals surface area (Å²) >= 11 is 5.49. The van der Waals surface area contributed by atoms with Crippen LogP contribution < -0.4 is 4.74 Å². The quantitative estimate of drug-likeness (QED) is 0.686. The zero-order valence-corrected chi connectivity index (χ0v) is 8.85. The van der Waals surface area contributed by atoms with Crippen LogP contribution >= 0.6 is 11.6 Å². The first kappa shape index (κ1) is 11.3. The SMILES string of the molecule is C[C](CF)c1cccc(OCCCl)c1. The van der Waals surface area contributed by atoms with Crippen molar-refractivity contribution >= 4 is 11.6 Å². The zero-order chi connectivity index (χ0) is 10.4. The Morgan fingerprint density at radius 3 is 2.93 bits per heavy atom. The summed E-state index contributed by atoms with van der Waals surface area (Å²) in [5.74, 6) is 1.90. The van der Waals surface area contributed by atoms with Gasteiger partial charge in [0.1, 0.15) is 12.4 Å². The van der Waals surface area contributed by atoms with Crippen molar-refractivity contribution < 1.29 is 9.13 Å². The highest BCUT2D eigenvalue weighted by molar-refractivity contribution is 6.17. The van der Waals surface area contributed by atoms with E-state index in [1.165, 1.54) is 0 Å². The Labute approximate surface area is 88.8 Å².